The molecule has 1 aromatic carbocycles. The number of halogens is 3. The van der Waals surface area contributed by atoms with E-state index in [1.54, 1.807) is 12.1 Å². The summed E-state index contributed by atoms with van der Waals surface area (Å²) in [7, 11) is 0. The summed E-state index contributed by atoms with van der Waals surface area (Å²) < 4.78 is 13.8. The van der Waals surface area contributed by atoms with Crippen LogP contribution in [-0.4, -0.2) is 25.5 Å². The predicted octanol–water partition coefficient (Wildman–Crippen LogP) is 3.04. The lowest BCUT2D eigenvalue weighted by Crippen LogP contribution is -2.30. The van der Waals surface area contributed by atoms with Gasteiger partial charge in [-0.1, -0.05) is 29.3 Å². The fourth-order valence-electron chi connectivity index (χ4n) is 2.83. The van der Waals surface area contributed by atoms with Crippen molar-refractivity contribution in [3.8, 4) is 0 Å². The molecule has 1 heterocycles. The van der Waals surface area contributed by atoms with E-state index in [0.29, 0.717) is 23.6 Å². The van der Waals surface area contributed by atoms with Gasteiger partial charge in [0.1, 0.15) is 5.82 Å². The van der Waals surface area contributed by atoms with Crippen LogP contribution in [0.1, 0.15) is 24.3 Å². The third kappa shape index (κ3) is 3.80. The smallest absolute Gasteiger partial charge is 0.224 e. The van der Waals surface area contributed by atoms with Crippen LogP contribution in [-0.2, 0) is 4.79 Å². The second-order valence-electron chi connectivity index (χ2n) is 5.62. The second kappa shape index (κ2) is 7.44. The first-order chi connectivity index (χ1) is 10.2. The maximum absolute atomic E-state index is 13.8. The summed E-state index contributed by atoms with van der Waals surface area (Å²) in [5.74, 6) is -0.551. The zero-order valence-electron chi connectivity index (χ0n) is 12.1. The summed E-state index contributed by atoms with van der Waals surface area (Å²) in [5, 5.41) is 6.60. The second-order valence-corrected chi connectivity index (χ2v) is 6.03. The molecule has 0 spiro atoms. The molecule has 6 heteroatoms. The van der Waals surface area contributed by atoms with E-state index in [9.17, 15) is 9.18 Å². The zero-order valence-corrected chi connectivity index (χ0v) is 13.6. The average molecular weight is 345 g/mol. The number of carbonyl (C=O) groups excluding carboxylic acids is 1. The van der Waals surface area contributed by atoms with E-state index in [1.165, 1.54) is 11.6 Å². The largest absolute Gasteiger partial charge is 0.352 e. The third-order valence-electron chi connectivity index (χ3n) is 4.15. The van der Waals surface area contributed by atoms with Crippen molar-refractivity contribution in [2.75, 3.05) is 19.6 Å². The van der Waals surface area contributed by atoms with Crippen molar-refractivity contribution in [3.05, 3.63) is 46.3 Å². The standard InChI is InChI=1S/C16H18ClFN2O.ClH/c17-13-2-1-3-14(18)15(13)11-8-12(11)16(21)20-9-10-4-6-19-7-5-10;/h1-4,11-12,19H,5-9H2,(H,20,21);1H. The number of benzene rings is 1. The topological polar surface area (TPSA) is 41.1 Å². The Balaban J connectivity index is 0.00000176. The normalized spacial score (nSPS) is 23.3. The van der Waals surface area contributed by atoms with Crippen LogP contribution in [0, 0.1) is 11.7 Å². The maximum atomic E-state index is 13.8. The molecule has 22 heavy (non-hydrogen) atoms. The summed E-state index contributed by atoms with van der Waals surface area (Å²) in [4.78, 5) is 12.1. The molecule has 120 valence electrons. The third-order valence-corrected chi connectivity index (χ3v) is 4.47. The average Bonchev–Trinajstić information content (AvgIpc) is 3.26. The van der Waals surface area contributed by atoms with Crippen molar-refractivity contribution in [1.82, 2.24) is 10.6 Å². The Kier molecular flexibility index (Phi) is 5.84. The van der Waals surface area contributed by atoms with Gasteiger partial charge in [-0.3, -0.25) is 4.79 Å². The molecule has 1 fully saturated rings. The van der Waals surface area contributed by atoms with Crippen molar-refractivity contribution in [2.24, 2.45) is 5.92 Å². The van der Waals surface area contributed by atoms with Gasteiger partial charge in [-0.05, 0) is 31.5 Å². The van der Waals surface area contributed by atoms with Crippen molar-refractivity contribution < 1.29 is 9.18 Å². The van der Waals surface area contributed by atoms with Crippen LogP contribution >= 0.6 is 24.0 Å². The summed E-state index contributed by atoms with van der Waals surface area (Å²) in [6.07, 6.45) is 3.75. The van der Waals surface area contributed by atoms with Crippen molar-refractivity contribution in [1.29, 1.82) is 0 Å². The number of hydrogen-bond acceptors (Lipinski definition) is 2. The van der Waals surface area contributed by atoms with Crippen LogP contribution in [0.2, 0.25) is 5.02 Å². The Morgan fingerprint density at radius 3 is 2.95 bits per heavy atom. The Hall–Kier alpha value is -1.10. The Labute approximate surface area is 140 Å². The van der Waals surface area contributed by atoms with E-state index in [4.69, 9.17) is 11.6 Å². The van der Waals surface area contributed by atoms with Gasteiger partial charge < -0.3 is 10.6 Å². The van der Waals surface area contributed by atoms with Gasteiger partial charge >= 0.3 is 0 Å². The zero-order chi connectivity index (χ0) is 14.8. The molecule has 2 aliphatic rings. The highest BCUT2D eigenvalue weighted by molar-refractivity contribution is 6.31. The Bertz CT molecular complexity index is 571. The van der Waals surface area contributed by atoms with Gasteiger partial charge in [-0.2, -0.15) is 0 Å². The van der Waals surface area contributed by atoms with Gasteiger partial charge in [0.25, 0.3) is 0 Å². The fourth-order valence-corrected chi connectivity index (χ4v) is 3.13. The number of amides is 1. The molecule has 1 aliphatic heterocycles. The molecule has 1 aromatic rings. The van der Waals surface area contributed by atoms with Crippen molar-refractivity contribution in [2.45, 2.75) is 18.8 Å². The molecule has 3 nitrogen and oxygen atoms in total. The van der Waals surface area contributed by atoms with Crippen LogP contribution < -0.4 is 10.6 Å². The SMILES string of the molecule is Cl.O=C(NCC1=CCNCC1)C1CC1c1c(F)cccc1Cl. The number of hydrogen-bond donors (Lipinski definition) is 2. The van der Waals surface area contributed by atoms with Crippen molar-refractivity contribution >= 4 is 29.9 Å². The van der Waals surface area contributed by atoms with E-state index >= 15 is 0 Å². The summed E-state index contributed by atoms with van der Waals surface area (Å²) >= 11 is 6.05. The molecule has 0 saturated heterocycles. The number of carbonyl (C=O) groups is 1. The first-order valence-electron chi connectivity index (χ1n) is 7.27. The van der Waals surface area contributed by atoms with Gasteiger partial charge in [0.2, 0.25) is 5.91 Å². The van der Waals surface area contributed by atoms with Gasteiger partial charge in [-0.15, -0.1) is 12.4 Å². The quantitative estimate of drug-likeness (QED) is 0.824. The number of rotatable bonds is 4. The van der Waals surface area contributed by atoms with Gasteiger partial charge in [0, 0.05) is 35.5 Å². The lowest BCUT2D eigenvalue weighted by atomic mass is 10.1. The van der Waals surface area contributed by atoms with Crippen LogP contribution in [0.4, 0.5) is 4.39 Å². The molecule has 2 atom stereocenters. The lowest BCUT2D eigenvalue weighted by Gasteiger charge is -2.14. The summed E-state index contributed by atoms with van der Waals surface area (Å²) in [5.41, 5.74) is 1.74. The highest BCUT2D eigenvalue weighted by atomic mass is 35.5. The molecule has 3 rings (SSSR count). The van der Waals surface area contributed by atoms with Crippen LogP contribution in [0.15, 0.2) is 29.8 Å². The molecule has 1 aliphatic carbocycles. The highest BCUT2D eigenvalue weighted by Crippen LogP contribution is 2.50. The minimum Gasteiger partial charge on any atom is -0.352 e. The van der Waals surface area contributed by atoms with Crippen molar-refractivity contribution in [3.63, 3.8) is 0 Å². The Morgan fingerprint density at radius 2 is 2.27 bits per heavy atom. The molecule has 2 unspecified atom stereocenters. The molecule has 0 radical (unpaired) electrons. The minimum absolute atomic E-state index is 0. The van der Waals surface area contributed by atoms with E-state index < -0.39 is 0 Å². The molecular weight excluding hydrogens is 326 g/mol. The number of nitrogens with one attached hydrogen (secondary N) is 2. The first kappa shape index (κ1) is 17.3. The fraction of sp³-hybridized carbons (Fsp3) is 0.438. The van der Waals surface area contributed by atoms with Crippen LogP contribution in [0.3, 0.4) is 0 Å². The van der Waals surface area contributed by atoms with E-state index in [1.807, 2.05) is 0 Å². The van der Waals surface area contributed by atoms with Crippen LogP contribution in [0.5, 0.6) is 0 Å². The summed E-state index contributed by atoms with van der Waals surface area (Å²) in [6.45, 7) is 2.41. The molecule has 1 amide bonds. The Morgan fingerprint density at radius 1 is 1.45 bits per heavy atom. The van der Waals surface area contributed by atoms with E-state index in [0.717, 1.165) is 19.5 Å². The van der Waals surface area contributed by atoms with Gasteiger partial charge in [-0.25, -0.2) is 4.39 Å². The maximum Gasteiger partial charge on any atom is 0.224 e. The van der Waals surface area contributed by atoms with E-state index in [-0.39, 0.29) is 36.0 Å². The van der Waals surface area contributed by atoms with Crippen LogP contribution in [0.25, 0.3) is 0 Å². The molecule has 2 N–H and O–H groups in total. The molecule has 0 bridgehead atoms. The lowest BCUT2D eigenvalue weighted by molar-refractivity contribution is -0.122. The summed E-state index contributed by atoms with van der Waals surface area (Å²) in [6, 6.07) is 4.66. The molecule has 1 saturated carbocycles. The predicted molar refractivity (Wildman–Crippen MR) is 88.1 cm³/mol. The molecular formula is C16H19Cl2FN2O. The van der Waals surface area contributed by atoms with Gasteiger partial charge in [0.05, 0.1) is 0 Å². The van der Waals surface area contributed by atoms with Gasteiger partial charge in [0.15, 0.2) is 0 Å². The highest BCUT2D eigenvalue weighted by Gasteiger charge is 2.46. The molecule has 0 aromatic heterocycles. The van der Waals surface area contributed by atoms with E-state index in [2.05, 4.69) is 16.7 Å². The minimum atomic E-state index is -0.316. The monoisotopic (exact) mass is 344 g/mol. The first-order valence-corrected chi connectivity index (χ1v) is 7.65.